The van der Waals surface area contributed by atoms with Crippen molar-refractivity contribution in [1.82, 2.24) is 4.31 Å². The monoisotopic (exact) mass is 487 g/mol. The van der Waals surface area contributed by atoms with Gasteiger partial charge in [-0.05, 0) is 36.4 Å². The zero-order chi connectivity index (χ0) is 22.6. The maximum Gasteiger partial charge on any atom is 0.245 e. The summed E-state index contributed by atoms with van der Waals surface area (Å²) in [6, 6.07) is 11.9. The molecule has 1 amide bonds. The molecule has 9 nitrogen and oxygen atoms in total. The lowest BCUT2D eigenvalue weighted by Crippen LogP contribution is -2.40. The van der Waals surface area contributed by atoms with E-state index in [-0.39, 0.29) is 23.7 Å². The number of morpholine rings is 1. The molecule has 2 aromatic rings. The molecule has 0 aliphatic carbocycles. The van der Waals surface area contributed by atoms with Gasteiger partial charge in [0.05, 0.1) is 40.8 Å². The van der Waals surface area contributed by atoms with Crippen LogP contribution in [0.2, 0.25) is 5.02 Å². The van der Waals surface area contributed by atoms with E-state index < -0.39 is 32.5 Å². The van der Waals surface area contributed by atoms with Crippen LogP contribution in [0.25, 0.3) is 0 Å². The first-order valence-corrected chi connectivity index (χ1v) is 13.0. The van der Waals surface area contributed by atoms with Crippen molar-refractivity contribution in [2.75, 3.05) is 48.7 Å². The van der Waals surface area contributed by atoms with Gasteiger partial charge in [-0.2, -0.15) is 4.31 Å². The van der Waals surface area contributed by atoms with Gasteiger partial charge in [-0.15, -0.1) is 0 Å². The molecule has 0 unspecified atom stereocenters. The van der Waals surface area contributed by atoms with Crippen LogP contribution in [0.4, 0.5) is 11.4 Å². The van der Waals surface area contributed by atoms with Gasteiger partial charge in [0.2, 0.25) is 26.0 Å². The Kier molecular flexibility index (Phi) is 7.22. The van der Waals surface area contributed by atoms with Gasteiger partial charge in [0, 0.05) is 13.1 Å². The number of carbonyl (C=O) groups excluding carboxylic acids is 1. The van der Waals surface area contributed by atoms with Crippen LogP contribution in [-0.2, 0) is 29.6 Å². The maximum atomic E-state index is 12.7. The topological polar surface area (TPSA) is 113 Å². The molecular formula is C19H22ClN3O6S2. The SMILES string of the molecule is CS(=O)(=O)N(CC(=O)Nc1ccccc1Cl)c1ccc(S(=O)(=O)N2CCOCC2)cc1. The zero-order valence-electron chi connectivity index (χ0n) is 16.7. The number of sulfonamides is 2. The molecule has 31 heavy (non-hydrogen) atoms. The second kappa shape index (κ2) is 9.53. The van der Waals surface area contributed by atoms with E-state index in [9.17, 15) is 21.6 Å². The fourth-order valence-corrected chi connectivity index (χ4v) is 5.45. The minimum absolute atomic E-state index is 0.0344. The number of nitrogens with zero attached hydrogens (tertiary/aromatic N) is 2. The first-order valence-electron chi connectivity index (χ1n) is 9.29. The number of para-hydroxylation sites is 1. The molecule has 0 saturated carbocycles. The third-order valence-electron chi connectivity index (χ3n) is 4.57. The fourth-order valence-electron chi connectivity index (χ4n) is 3.00. The van der Waals surface area contributed by atoms with Crippen molar-refractivity contribution in [2.45, 2.75) is 4.90 Å². The summed E-state index contributed by atoms with van der Waals surface area (Å²) in [5, 5.41) is 2.89. The van der Waals surface area contributed by atoms with Crippen LogP contribution in [0.1, 0.15) is 0 Å². The molecule has 168 valence electrons. The summed E-state index contributed by atoms with van der Waals surface area (Å²) in [4.78, 5) is 12.5. The number of ether oxygens (including phenoxy) is 1. The number of benzene rings is 2. The Hall–Kier alpha value is -2.18. The molecule has 12 heteroatoms. The number of halogens is 1. The molecule has 1 aliphatic rings. The molecule has 1 N–H and O–H groups in total. The highest BCUT2D eigenvalue weighted by Crippen LogP contribution is 2.24. The van der Waals surface area contributed by atoms with E-state index in [1.807, 2.05) is 0 Å². The van der Waals surface area contributed by atoms with Crippen LogP contribution in [-0.4, -0.2) is 66.2 Å². The van der Waals surface area contributed by atoms with Crippen LogP contribution >= 0.6 is 11.6 Å². The number of nitrogens with one attached hydrogen (secondary N) is 1. The van der Waals surface area contributed by atoms with E-state index in [1.165, 1.54) is 28.6 Å². The predicted octanol–water partition coefficient (Wildman–Crippen LogP) is 1.77. The van der Waals surface area contributed by atoms with Crippen molar-refractivity contribution in [2.24, 2.45) is 0 Å². The number of amides is 1. The van der Waals surface area contributed by atoms with Crippen molar-refractivity contribution in [3.8, 4) is 0 Å². The second-order valence-corrected chi connectivity index (χ2v) is 11.1. The normalized spacial score (nSPS) is 15.4. The van der Waals surface area contributed by atoms with Crippen molar-refractivity contribution in [3.05, 3.63) is 53.6 Å². The van der Waals surface area contributed by atoms with Crippen molar-refractivity contribution >= 4 is 48.9 Å². The Balaban J connectivity index is 1.80. The minimum Gasteiger partial charge on any atom is -0.379 e. The average molecular weight is 488 g/mol. The lowest BCUT2D eigenvalue weighted by molar-refractivity contribution is -0.114. The summed E-state index contributed by atoms with van der Waals surface area (Å²) in [7, 11) is -7.54. The largest absolute Gasteiger partial charge is 0.379 e. The van der Waals surface area contributed by atoms with Crippen LogP contribution in [0.15, 0.2) is 53.4 Å². The quantitative estimate of drug-likeness (QED) is 0.636. The van der Waals surface area contributed by atoms with E-state index >= 15 is 0 Å². The number of hydrogen-bond donors (Lipinski definition) is 1. The highest BCUT2D eigenvalue weighted by Gasteiger charge is 2.27. The molecule has 0 aromatic heterocycles. The van der Waals surface area contributed by atoms with Gasteiger partial charge in [0.25, 0.3) is 0 Å². The zero-order valence-corrected chi connectivity index (χ0v) is 19.1. The van der Waals surface area contributed by atoms with Crippen molar-refractivity contribution in [1.29, 1.82) is 0 Å². The highest BCUT2D eigenvalue weighted by molar-refractivity contribution is 7.92. The van der Waals surface area contributed by atoms with Crippen molar-refractivity contribution < 1.29 is 26.4 Å². The molecule has 0 radical (unpaired) electrons. The van der Waals surface area contributed by atoms with E-state index in [2.05, 4.69) is 5.32 Å². The van der Waals surface area contributed by atoms with Gasteiger partial charge >= 0.3 is 0 Å². The smallest absolute Gasteiger partial charge is 0.245 e. The lowest BCUT2D eigenvalue weighted by atomic mass is 10.3. The fraction of sp³-hybridized carbons (Fsp3) is 0.316. The number of carbonyl (C=O) groups is 1. The molecule has 0 bridgehead atoms. The molecule has 0 spiro atoms. The molecule has 1 aliphatic heterocycles. The summed E-state index contributed by atoms with van der Waals surface area (Å²) in [5.41, 5.74) is 0.521. The van der Waals surface area contributed by atoms with Gasteiger partial charge in [0.1, 0.15) is 6.54 Å². The van der Waals surface area contributed by atoms with Crippen LogP contribution < -0.4 is 9.62 Å². The Morgan fingerprint density at radius 3 is 2.26 bits per heavy atom. The predicted molar refractivity (Wildman–Crippen MR) is 118 cm³/mol. The summed E-state index contributed by atoms with van der Waals surface area (Å²) >= 11 is 6.02. The molecular weight excluding hydrogens is 466 g/mol. The number of rotatable bonds is 7. The van der Waals surface area contributed by atoms with Gasteiger partial charge in [0.15, 0.2) is 0 Å². The van der Waals surface area contributed by atoms with Gasteiger partial charge in [-0.1, -0.05) is 23.7 Å². The van der Waals surface area contributed by atoms with Crippen LogP contribution in [0, 0.1) is 0 Å². The van der Waals surface area contributed by atoms with E-state index in [4.69, 9.17) is 16.3 Å². The average Bonchev–Trinajstić information content (AvgIpc) is 2.74. The maximum absolute atomic E-state index is 12.7. The number of anilines is 2. The molecule has 0 atom stereocenters. The molecule has 3 rings (SSSR count). The Labute approximate surface area is 186 Å². The van der Waals surface area contributed by atoms with Crippen LogP contribution in [0.5, 0.6) is 0 Å². The summed E-state index contributed by atoms with van der Waals surface area (Å²) in [5.74, 6) is -0.594. The molecule has 1 heterocycles. The third-order valence-corrected chi connectivity index (χ3v) is 7.95. The van der Waals surface area contributed by atoms with Gasteiger partial charge < -0.3 is 10.1 Å². The van der Waals surface area contributed by atoms with Gasteiger partial charge in [-0.3, -0.25) is 9.10 Å². The summed E-state index contributed by atoms with van der Waals surface area (Å²) < 4.78 is 57.5. The Bertz CT molecular complexity index is 1150. The second-order valence-electron chi connectivity index (χ2n) is 6.81. The van der Waals surface area contributed by atoms with Crippen molar-refractivity contribution in [3.63, 3.8) is 0 Å². The Morgan fingerprint density at radius 1 is 1.06 bits per heavy atom. The van der Waals surface area contributed by atoms with E-state index in [1.54, 1.807) is 24.3 Å². The standard InChI is InChI=1S/C19H22ClN3O6S2/c1-30(25,26)23(14-19(24)21-18-5-3-2-4-17(18)20)15-6-8-16(9-7-15)31(27,28)22-10-12-29-13-11-22/h2-9H,10-14H2,1H3,(H,21,24). The minimum atomic E-state index is -3.82. The first kappa shape index (κ1) is 23.5. The van der Waals surface area contributed by atoms with E-state index in [0.717, 1.165) is 10.6 Å². The lowest BCUT2D eigenvalue weighted by Gasteiger charge is -2.26. The van der Waals surface area contributed by atoms with E-state index in [0.29, 0.717) is 23.9 Å². The third kappa shape index (κ3) is 5.74. The highest BCUT2D eigenvalue weighted by atomic mass is 35.5. The molecule has 2 aromatic carbocycles. The van der Waals surface area contributed by atoms with Gasteiger partial charge in [-0.25, -0.2) is 16.8 Å². The van der Waals surface area contributed by atoms with Crippen LogP contribution in [0.3, 0.4) is 0 Å². The summed E-state index contributed by atoms with van der Waals surface area (Å²) in [6.07, 6.45) is 0.966. The number of hydrogen-bond acceptors (Lipinski definition) is 6. The first-order chi connectivity index (χ1) is 14.6. The molecule has 1 saturated heterocycles. The Morgan fingerprint density at radius 2 is 1.68 bits per heavy atom. The molecule has 1 fully saturated rings. The summed E-state index contributed by atoms with van der Waals surface area (Å²) in [6.45, 7) is 0.641.